The van der Waals surface area contributed by atoms with Crippen LogP contribution >= 0.6 is 0 Å². The van der Waals surface area contributed by atoms with Gasteiger partial charge in [0, 0.05) is 56.0 Å². The summed E-state index contributed by atoms with van der Waals surface area (Å²) in [7, 11) is 0. The summed E-state index contributed by atoms with van der Waals surface area (Å²) >= 11 is 0. The minimum Gasteiger partial charge on any atom is -0.309 e. The van der Waals surface area contributed by atoms with Gasteiger partial charge in [0.25, 0.3) is 0 Å². The summed E-state index contributed by atoms with van der Waals surface area (Å²) in [4.78, 5) is 20.0. The van der Waals surface area contributed by atoms with E-state index >= 15 is 0 Å². The molecule has 71 heavy (non-hydrogen) atoms. The van der Waals surface area contributed by atoms with Gasteiger partial charge >= 0.3 is 0 Å². The Morgan fingerprint density at radius 1 is 0.352 bits per heavy atom. The summed E-state index contributed by atoms with van der Waals surface area (Å²) in [6, 6.07) is 72.8. The Labute approximate surface area is 416 Å². The molecule has 3 aromatic heterocycles. The molecular formula is C66H53N5. The largest absolute Gasteiger partial charge is 0.309 e. The zero-order valence-corrected chi connectivity index (χ0v) is 40.9. The smallest absolute Gasteiger partial charge is 0.165 e. The second kappa shape index (κ2) is 18.3. The Morgan fingerprint density at radius 3 is 1.39 bits per heavy atom. The summed E-state index contributed by atoms with van der Waals surface area (Å²) in [5.74, 6) is 8.77. The molecule has 0 radical (unpaired) electrons. The van der Waals surface area contributed by atoms with Crippen LogP contribution < -0.4 is 0 Å². The molecule has 0 aliphatic heterocycles. The molecule has 3 heterocycles. The average Bonchev–Trinajstić information content (AvgIpc) is 3.74. The molecule has 5 heteroatoms. The zero-order valence-electron chi connectivity index (χ0n) is 40.9. The van der Waals surface area contributed by atoms with Gasteiger partial charge in [-0.05, 0) is 111 Å². The number of rotatable bonds is 7. The number of para-hydroxylation sites is 1. The SMILES string of the molecule is CC(C)(C)c1ccc(-c2nc(-c3ccc(C(C)(C)C)cc3)nc(-c3ccc(-c4cccc(C#Cc5ccc6c(c5)c5ccccc5n6-c5cc(-c6ccccc6)cc(-c6ccccc6)c5)c4)nc3)n2)cc1. The predicted molar refractivity (Wildman–Crippen MR) is 294 cm³/mol. The highest BCUT2D eigenvalue weighted by Crippen LogP contribution is 2.37. The topological polar surface area (TPSA) is 56.5 Å². The lowest BCUT2D eigenvalue weighted by molar-refractivity contribution is 0.590. The van der Waals surface area contributed by atoms with E-state index in [1.165, 1.54) is 38.8 Å². The minimum absolute atomic E-state index is 0.0354. The number of benzene rings is 8. The quantitative estimate of drug-likeness (QED) is 0.150. The molecule has 0 saturated carbocycles. The summed E-state index contributed by atoms with van der Waals surface area (Å²) in [6.07, 6.45) is 1.86. The third-order valence-electron chi connectivity index (χ3n) is 13.2. The van der Waals surface area contributed by atoms with Crippen LogP contribution in [0.15, 0.2) is 212 Å². The van der Waals surface area contributed by atoms with Crippen molar-refractivity contribution in [1.29, 1.82) is 0 Å². The van der Waals surface area contributed by atoms with Crippen molar-refractivity contribution in [2.45, 2.75) is 52.4 Å². The lowest BCUT2D eigenvalue weighted by atomic mass is 9.86. The van der Waals surface area contributed by atoms with Gasteiger partial charge in [-0.3, -0.25) is 4.98 Å². The van der Waals surface area contributed by atoms with Gasteiger partial charge in [-0.2, -0.15) is 0 Å². The van der Waals surface area contributed by atoms with Gasteiger partial charge < -0.3 is 4.57 Å². The average molecular weight is 916 g/mol. The normalized spacial score (nSPS) is 11.7. The van der Waals surface area contributed by atoms with Crippen LogP contribution in [0.4, 0.5) is 0 Å². The molecule has 5 nitrogen and oxygen atoms in total. The first-order valence-electron chi connectivity index (χ1n) is 24.3. The molecule has 0 amide bonds. The van der Waals surface area contributed by atoms with Crippen LogP contribution in [0.3, 0.4) is 0 Å². The highest BCUT2D eigenvalue weighted by molar-refractivity contribution is 6.10. The van der Waals surface area contributed by atoms with Crippen LogP contribution in [0.25, 0.3) is 95.2 Å². The molecule has 0 aliphatic carbocycles. The Bertz CT molecular complexity index is 3660. The Morgan fingerprint density at radius 2 is 0.845 bits per heavy atom. The number of fused-ring (bicyclic) bond motifs is 3. The van der Waals surface area contributed by atoms with Crippen LogP contribution in [-0.4, -0.2) is 24.5 Å². The first-order valence-corrected chi connectivity index (χ1v) is 24.3. The van der Waals surface area contributed by atoms with Crippen molar-refractivity contribution < 1.29 is 0 Å². The maximum absolute atomic E-state index is 5.02. The van der Waals surface area contributed by atoms with E-state index in [1.54, 1.807) is 0 Å². The van der Waals surface area contributed by atoms with Crippen LogP contribution in [0, 0.1) is 11.8 Å². The van der Waals surface area contributed by atoms with E-state index in [0.717, 1.165) is 61.2 Å². The number of hydrogen-bond donors (Lipinski definition) is 0. The van der Waals surface area contributed by atoms with Crippen LogP contribution in [0.1, 0.15) is 63.8 Å². The molecule has 0 unspecified atom stereocenters. The van der Waals surface area contributed by atoms with Crippen molar-refractivity contribution in [3.8, 4) is 85.2 Å². The van der Waals surface area contributed by atoms with Gasteiger partial charge in [-0.1, -0.05) is 193 Å². The summed E-state index contributed by atoms with van der Waals surface area (Å²) in [5, 5.41) is 2.34. The maximum atomic E-state index is 5.02. The molecule has 11 rings (SSSR count). The van der Waals surface area contributed by atoms with E-state index in [-0.39, 0.29) is 10.8 Å². The molecule has 0 spiro atoms. The fourth-order valence-electron chi connectivity index (χ4n) is 9.26. The first kappa shape index (κ1) is 44.8. The van der Waals surface area contributed by atoms with Crippen molar-refractivity contribution >= 4 is 21.8 Å². The highest BCUT2D eigenvalue weighted by Gasteiger charge is 2.19. The second-order valence-electron chi connectivity index (χ2n) is 20.3. The van der Waals surface area contributed by atoms with E-state index in [0.29, 0.717) is 17.5 Å². The van der Waals surface area contributed by atoms with Gasteiger partial charge in [0.1, 0.15) is 0 Å². The molecule has 0 saturated heterocycles. The van der Waals surface area contributed by atoms with E-state index in [2.05, 4.69) is 246 Å². The van der Waals surface area contributed by atoms with Gasteiger partial charge in [0.05, 0.1) is 16.7 Å². The number of hydrogen-bond acceptors (Lipinski definition) is 4. The Kier molecular flexibility index (Phi) is 11.5. The van der Waals surface area contributed by atoms with Crippen LogP contribution in [-0.2, 0) is 10.8 Å². The highest BCUT2D eigenvalue weighted by atomic mass is 15.0. The van der Waals surface area contributed by atoms with E-state index in [4.69, 9.17) is 19.9 Å². The van der Waals surface area contributed by atoms with Crippen molar-refractivity contribution in [3.05, 3.63) is 235 Å². The fourth-order valence-corrected chi connectivity index (χ4v) is 9.26. The molecule has 342 valence electrons. The Hall–Kier alpha value is -8.72. The molecule has 0 N–H and O–H groups in total. The lowest BCUT2D eigenvalue weighted by Crippen LogP contribution is -2.10. The third kappa shape index (κ3) is 9.29. The van der Waals surface area contributed by atoms with Gasteiger partial charge in [0.2, 0.25) is 0 Å². The van der Waals surface area contributed by atoms with Crippen LogP contribution in [0.5, 0.6) is 0 Å². The molecule has 0 bridgehead atoms. The molecule has 0 fully saturated rings. The van der Waals surface area contributed by atoms with Crippen LogP contribution in [0.2, 0.25) is 0 Å². The summed E-state index contributed by atoms with van der Waals surface area (Å²) in [5.41, 5.74) is 17.0. The monoisotopic (exact) mass is 915 g/mol. The molecule has 8 aromatic carbocycles. The van der Waals surface area contributed by atoms with Gasteiger partial charge in [0.15, 0.2) is 17.5 Å². The number of pyridine rings is 1. The summed E-state index contributed by atoms with van der Waals surface area (Å²) in [6.45, 7) is 13.3. The molecular weight excluding hydrogens is 863 g/mol. The van der Waals surface area contributed by atoms with Gasteiger partial charge in [-0.25, -0.2) is 15.0 Å². The fraction of sp³-hybridized carbons (Fsp3) is 0.121. The van der Waals surface area contributed by atoms with Crippen molar-refractivity contribution in [1.82, 2.24) is 24.5 Å². The van der Waals surface area contributed by atoms with Crippen molar-refractivity contribution in [3.63, 3.8) is 0 Å². The molecule has 0 atom stereocenters. The lowest BCUT2D eigenvalue weighted by Gasteiger charge is -2.19. The van der Waals surface area contributed by atoms with Crippen molar-refractivity contribution in [2.24, 2.45) is 0 Å². The predicted octanol–water partition coefficient (Wildman–Crippen LogP) is 16.4. The summed E-state index contributed by atoms with van der Waals surface area (Å²) < 4.78 is 2.39. The first-order chi connectivity index (χ1) is 34.4. The van der Waals surface area contributed by atoms with E-state index in [9.17, 15) is 0 Å². The standard InChI is InChI=1S/C66H53N5/c1-65(2,3)54-32-27-48(28-33-54)62-68-63(49-29-34-55(35-30-49)66(4,5)6)70-64(69-62)51-31-36-59(67-43-51)50-21-15-16-44(38-50)24-25-45-26-37-61-58(39-45)57-22-13-14-23-60(57)71(61)56-41-52(46-17-9-7-10-18-46)40-53(42-56)47-19-11-8-12-20-47/h7-23,26-43H,1-6H3. The maximum Gasteiger partial charge on any atom is 0.165 e. The molecule has 11 aromatic rings. The third-order valence-corrected chi connectivity index (χ3v) is 13.2. The van der Waals surface area contributed by atoms with Crippen molar-refractivity contribution in [2.75, 3.05) is 0 Å². The zero-order chi connectivity index (χ0) is 48.7. The Balaban J connectivity index is 0.904. The molecule has 0 aliphatic rings. The van der Waals surface area contributed by atoms with E-state index in [1.807, 2.05) is 24.4 Å². The second-order valence-corrected chi connectivity index (χ2v) is 20.3. The minimum atomic E-state index is 0.0354. The van der Waals surface area contributed by atoms with E-state index < -0.39 is 0 Å². The number of aromatic nitrogens is 5. The number of nitrogens with zero attached hydrogens (tertiary/aromatic N) is 5. The van der Waals surface area contributed by atoms with Gasteiger partial charge in [-0.15, -0.1) is 0 Å².